The molecule has 14 heteroatoms. The van der Waals surface area contributed by atoms with Crippen molar-refractivity contribution in [1.29, 1.82) is 0 Å². The molecule has 0 spiro atoms. The summed E-state index contributed by atoms with van der Waals surface area (Å²) in [6, 6.07) is 28.1. The summed E-state index contributed by atoms with van der Waals surface area (Å²) in [5, 5.41) is 3.74. The predicted molar refractivity (Wildman–Crippen MR) is 226 cm³/mol. The fraction of sp³-hybridized carbons (Fsp3) is 0.349. The average Bonchev–Trinajstić information content (AvgIpc) is 3.21. The van der Waals surface area contributed by atoms with Crippen LogP contribution in [0, 0.1) is 11.6 Å². The van der Waals surface area contributed by atoms with Gasteiger partial charge in [0.1, 0.15) is 17.8 Å². The average molecular weight is 832 g/mol. The molecule has 0 bridgehead atoms. The first-order valence-electron chi connectivity index (χ1n) is 19.3. The molecular formula is C43H48ClF2N7O2S2. The fourth-order valence-electron chi connectivity index (χ4n) is 7.58. The Kier molecular flexibility index (Phi) is 13.4. The molecule has 0 radical (unpaired) electrons. The van der Waals surface area contributed by atoms with Crippen LogP contribution in [0.25, 0.3) is 11.1 Å². The SMILES string of the molecule is CN(C)CC[C@H](CSc1ccccc1)Nc1c(F)cc(S(=O)(=O)Nc2ncnc3c2CCN(C2CCN(Cc4ccccc4-c4ccc(Cl)cc4)CC2)C3)cc1F. The number of likely N-dealkylation sites (tertiary alicyclic amines) is 1. The lowest BCUT2D eigenvalue weighted by Crippen LogP contribution is -2.46. The summed E-state index contributed by atoms with van der Waals surface area (Å²) in [6.07, 6.45) is 4.53. The van der Waals surface area contributed by atoms with Crippen LogP contribution >= 0.6 is 23.4 Å². The second-order valence-electron chi connectivity index (χ2n) is 15.0. The zero-order valence-corrected chi connectivity index (χ0v) is 34.6. The molecule has 5 aromatic rings. The molecule has 300 valence electrons. The maximum absolute atomic E-state index is 15.6. The molecule has 57 heavy (non-hydrogen) atoms. The van der Waals surface area contributed by atoms with E-state index >= 15 is 8.78 Å². The number of anilines is 2. The van der Waals surface area contributed by atoms with Crippen molar-refractivity contribution < 1.29 is 17.2 Å². The molecule has 9 nitrogen and oxygen atoms in total. The van der Waals surface area contributed by atoms with Crippen LogP contribution in [-0.2, 0) is 29.5 Å². The molecule has 1 aromatic heterocycles. The van der Waals surface area contributed by atoms with E-state index in [-0.39, 0.29) is 17.5 Å². The number of nitrogens with one attached hydrogen (secondary N) is 2. The summed E-state index contributed by atoms with van der Waals surface area (Å²) >= 11 is 7.73. The number of thioether (sulfide) groups is 1. The lowest BCUT2D eigenvalue weighted by atomic mass is 9.96. The van der Waals surface area contributed by atoms with Crippen LogP contribution in [0.2, 0.25) is 5.02 Å². The molecular weight excluding hydrogens is 784 g/mol. The van der Waals surface area contributed by atoms with Crippen molar-refractivity contribution >= 4 is 44.9 Å². The smallest absolute Gasteiger partial charge is 0.263 e. The van der Waals surface area contributed by atoms with Gasteiger partial charge in [-0.2, -0.15) is 0 Å². The Hall–Kier alpha value is -4.11. The number of aromatic nitrogens is 2. The molecule has 4 aromatic carbocycles. The lowest BCUT2D eigenvalue weighted by molar-refractivity contribution is 0.0937. The van der Waals surface area contributed by atoms with E-state index < -0.39 is 26.6 Å². The topological polar surface area (TPSA) is 93.7 Å². The Morgan fingerprint density at radius 3 is 2.35 bits per heavy atom. The highest BCUT2D eigenvalue weighted by Gasteiger charge is 2.31. The van der Waals surface area contributed by atoms with Gasteiger partial charge in [0.2, 0.25) is 0 Å². The first-order chi connectivity index (χ1) is 27.5. The Morgan fingerprint density at radius 1 is 0.930 bits per heavy atom. The predicted octanol–water partition coefficient (Wildman–Crippen LogP) is 8.42. The molecule has 0 aliphatic carbocycles. The first-order valence-corrected chi connectivity index (χ1v) is 22.1. The van der Waals surface area contributed by atoms with Crippen LogP contribution < -0.4 is 10.0 Å². The molecule has 3 heterocycles. The van der Waals surface area contributed by atoms with Gasteiger partial charge in [-0.25, -0.2) is 27.2 Å². The third-order valence-electron chi connectivity index (χ3n) is 10.7. The monoisotopic (exact) mass is 831 g/mol. The van der Waals surface area contributed by atoms with E-state index in [9.17, 15) is 8.42 Å². The number of hydrogen-bond acceptors (Lipinski definition) is 9. The Morgan fingerprint density at radius 2 is 1.63 bits per heavy atom. The molecule has 2 aliphatic heterocycles. The summed E-state index contributed by atoms with van der Waals surface area (Å²) in [7, 11) is -0.496. The Labute approximate surface area is 343 Å². The summed E-state index contributed by atoms with van der Waals surface area (Å²) < 4.78 is 60.9. The molecule has 2 N–H and O–H groups in total. The van der Waals surface area contributed by atoms with Gasteiger partial charge in [0, 0.05) is 53.0 Å². The van der Waals surface area contributed by atoms with Gasteiger partial charge in [-0.05, 0) is 113 Å². The first kappa shape index (κ1) is 41.1. The van der Waals surface area contributed by atoms with Crippen molar-refractivity contribution in [3.05, 3.63) is 131 Å². The molecule has 1 saturated heterocycles. The van der Waals surface area contributed by atoms with E-state index in [1.807, 2.05) is 61.5 Å². The van der Waals surface area contributed by atoms with E-state index in [1.165, 1.54) is 17.5 Å². The number of halogens is 3. The van der Waals surface area contributed by atoms with Crippen LogP contribution in [0.5, 0.6) is 0 Å². The van der Waals surface area contributed by atoms with Gasteiger partial charge >= 0.3 is 0 Å². The van der Waals surface area contributed by atoms with Crippen LogP contribution in [0.15, 0.2) is 107 Å². The van der Waals surface area contributed by atoms with Gasteiger partial charge in [-0.15, -0.1) is 11.8 Å². The van der Waals surface area contributed by atoms with Gasteiger partial charge in [0.25, 0.3) is 10.0 Å². The summed E-state index contributed by atoms with van der Waals surface area (Å²) in [5.41, 5.74) is 4.76. The van der Waals surface area contributed by atoms with E-state index in [4.69, 9.17) is 11.6 Å². The summed E-state index contributed by atoms with van der Waals surface area (Å²) in [6.45, 7) is 4.78. The third kappa shape index (κ3) is 10.5. The van der Waals surface area contributed by atoms with Crippen molar-refractivity contribution in [2.45, 2.75) is 60.6 Å². The minimum absolute atomic E-state index is 0.138. The second kappa shape index (κ2) is 18.6. The molecule has 0 amide bonds. The fourth-order valence-corrected chi connectivity index (χ4v) is 9.77. The normalized spacial score (nSPS) is 16.0. The van der Waals surface area contributed by atoms with Crippen molar-refractivity contribution in [2.24, 2.45) is 0 Å². The van der Waals surface area contributed by atoms with Crippen molar-refractivity contribution in [1.82, 2.24) is 24.7 Å². The maximum atomic E-state index is 15.6. The molecule has 2 aliphatic rings. The third-order valence-corrected chi connectivity index (χ3v) is 13.4. The molecule has 0 saturated carbocycles. The van der Waals surface area contributed by atoms with E-state index in [2.05, 4.69) is 66.2 Å². The highest BCUT2D eigenvalue weighted by Crippen LogP contribution is 2.32. The second-order valence-corrected chi connectivity index (χ2v) is 18.2. The molecule has 1 fully saturated rings. The van der Waals surface area contributed by atoms with Crippen LogP contribution in [0.3, 0.4) is 0 Å². The Bertz CT molecular complexity index is 2220. The molecule has 0 unspecified atom stereocenters. The summed E-state index contributed by atoms with van der Waals surface area (Å²) in [5.74, 6) is -1.26. The van der Waals surface area contributed by atoms with E-state index in [0.29, 0.717) is 43.3 Å². The van der Waals surface area contributed by atoms with E-state index in [1.54, 1.807) is 11.8 Å². The lowest BCUT2D eigenvalue weighted by Gasteiger charge is -2.40. The van der Waals surface area contributed by atoms with Crippen molar-refractivity contribution in [2.75, 3.05) is 56.1 Å². The zero-order chi connectivity index (χ0) is 39.9. The summed E-state index contributed by atoms with van der Waals surface area (Å²) in [4.78, 5) is 16.3. The number of piperidine rings is 1. The van der Waals surface area contributed by atoms with Gasteiger partial charge in [-0.1, -0.05) is 66.2 Å². The highest BCUT2D eigenvalue weighted by molar-refractivity contribution is 7.99. The Balaban J connectivity index is 0.972. The van der Waals surface area contributed by atoms with Gasteiger partial charge in [0.15, 0.2) is 11.6 Å². The maximum Gasteiger partial charge on any atom is 0.263 e. The molecule has 1 atom stereocenters. The van der Waals surface area contributed by atoms with Crippen LogP contribution in [-0.4, -0.2) is 91.2 Å². The highest BCUT2D eigenvalue weighted by atomic mass is 35.5. The van der Waals surface area contributed by atoms with Gasteiger partial charge in [0.05, 0.1) is 10.6 Å². The van der Waals surface area contributed by atoms with Gasteiger partial charge < -0.3 is 10.2 Å². The minimum Gasteiger partial charge on any atom is -0.377 e. The number of rotatable bonds is 15. The largest absolute Gasteiger partial charge is 0.377 e. The number of benzene rings is 4. The van der Waals surface area contributed by atoms with Crippen molar-refractivity contribution in [3.63, 3.8) is 0 Å². The number of hydrogen-bond donors (Lipinski definition) is 2. The van der Waals surface area contributed by atoms with Crippen LogP contribution in [0.1, 0.15) is 36.1 Å². The van der Waals surface area contributed by atoms with E-state index in [0.717, 1.165) is 72.3 Å². The van der Waals surface area contributed by atoms with Gasteiger partial charge in [-0.3, -0.25) is 14.5 Å². The number of nitrogens with zero attached hydrogens (tertiary/aromatic N) is 5. The number of fused-ring (bicyclic) bond motifs is 1. The minimum atomic E-state index is -4.38. The van der Waals surface area contributed by atoms with Crippen molar-refractivity contribution in [3.8, 4) is 11.1 Å². The molecule has 7 rings (SSSR count). The zero-order valence-electron chi connectivity index (χ0n) is 32.2. The quantitative estimate of drug-likeness (QED) is 0.101. The standard InChI is InChI=1S/C43H48ClF2N7O2S2/c1-51(2)20-16-33(28-56-35-9-4-3-5-10-35)49-42-39(45)24-36(25-40(42)46)57(54,55)50-43-38-19-23-53(27-41(38)47-29-48-43)34-17-21-52(22-18-34)26-31-8-6-7-11-37(31)30-12-14-32(44)15-13-30/h3-15,24-25,29,33-34,49H,16-23,26-28H2,1-2H3,(H,47,48,50)/t33-/m1/s1. The number of sulfonamides is 1. The van der Waals surface area contributed by atoms with Crippen LogP contribution in [0.4, 0.5) is 20.3 Å².